The molecule has 3 aromatic rings. The van der Waals surface area contributed by atoms with Gasteiger partial charge in [0.1, 0.15) is 47.3 Å². The highest BCUT2D eigenvalue weighted by Gasteiger charge is 2.78. The monoisotopic (exact) mass is 1050 g/mol. The van der Waals surface area contributed by atoms with Gasteiger partial charge in [0.25, 0.3) is 0 Å². The number of rotatable bonds is 16. The second kappa shape index (κ2) is 21.4. The van der Waals surface area contributed by atoms with Crippen molar-refractivity contribution >= 4 is 46.9 Å². The van der Waals surface area contributed by atoms with Gasteiger partial charge < -0.3 is 59.6 Å². The zero-order valence-corrected chi connectivity index (χ0v) is 44.1. The number of carbonyl (C=O) groups is 3. The van der Waals surface area contributed by atoms with E-state index in [9.17, 15) is 40.2 Å². The molecular formula is C58H68N2O14S. The Morgan fingerprint density at radius 2 is 1.69 bits per heavy atom. The van der Waals surface area contributed by atoms with Crippen molar-refractivity contribution in [1.82, 2.24) is 5.32 Å². The summed E-state index contributed by atoms with van der Waals surface area (Å²) in [5, 5.41) is 66.2. The van der Waals surface area contributed by atoms with Crippen molar-refractivity contribution in [2.45, 2.75) is 138 Å². The molecule has 1 amide bonds. The van der Waals surface area contributed by atoms with Crippen molar-refractivity contribution in [3.05, 3.63) is 112 Å². The lowest BCUT2D eigenvalue weighted by atomic mass is 9.44. The van der Waals surface area contributed by atoms with Gasteiger partial charge in [-0.2, -0.15) is 0 Å². The molecule has 0 radical (unpaired) electrons. The Bertz CT molecular complexity index is 2870. The maximum absolute atomic E-state index is 15.4. The number of nitrogens with zero attached hydrogens (tertiary/aromatic N) is 1. The summed E-state index contributed by atoms with van der Waals surface area (Å²) in [6.07, 6.45) is 5.05. The number of aliphatic hydroxyl groups excluding tert-OH is 5. The molecule has 4 fully saturated rings. The first-order valence-corrected chi connectivity index (χ1v) is 26.7. The van der Waals surface area contributed by atoms with E-state index in [0.29, 0.717) is 53.1 Å². The molecule has 7 unspecified atom stereocenters. The van der Waals surface area contributed by atoms with E-state index in [0.717, 1.165) is 16.0 Å². The molecule has 1 spiro atoms. The Hall–Kier alpha value is -5.63. The number of aliphatic hydroxyl groups is 6. The van der Waals surface area contributed by atoms with E-state index in [1.54, 1.807) is 0 Å². The number of para-hydroxylation sites is 1. The molecule has 16 nitrogen and oxygen atoms in total. The SMILES string of the molecule is CC(C)=CCCC1(C)C=Cc2c(c(CC=C(C)C)c3c(c2OC(=O)c2ccc(O[C@@H]4O[C@H](CO)[C@@H](O)[C@H](O)[C@H]4O)cc2)C2=Nc4ccccc4SC4C5CC(C(C)C)C(O3)(C24)C(O)(CC=CC(=O)NCCO)C5=O)O1. The van der Waals surface area contributed by atoms with Crippen LogP contribution in [0.3, 0.4) is 0 Å². The van der Waals surface area contributed by atoms with Gasteiger partial charge in [0.15, 0.2) is 22.7 Å². The van der Waals surface area contributed by atoms with Crippen LogP contribution in [0.2, 0.25) is 0 Å². The van der Waals surface area contributed by atoms with Gasteiger partial charge in [-0.3, -0.25) is 14.6 Å². The zero-order valence-electron chi connectivity index (χ0n) is 43.3. The molecule has 3 saturated carbocycles. The quantitative estimate of drug-likeness (QED) is 0.0350. The fourth-order valence-corrected chi connectivity index (χ4v) is 13.3. The first kappa shape index (κ1) is 54.2. The maximum Gasteiger partial charge on any atom is 0.343 e. The van der Waals surface area contributed by atoms with Crippen LogP contribution >= 0.6 is 11.8 Å². The van der Waals surface area contributed by atoms with Gasteiger partial charge in [-0.25, -0.2) is 4.79 Å². The fraction of sp³-hybridized carbons (Fsp3) is 0.483. The van der Waals surface area contributed by atoms with E-state index in [1.807, 2.05) is 71.0 Å². The van der Waals surface area contributed by atoms with Crippen LogP contribution in [-0.2, 0) is 20.7 Å². The summed E-state index contributed by atoms with van der Waals surface area (Å²) in [4.78, 5) is 49.6. The molecule has 17 heteroatoms. The number of nitrogens with one attached hydrogen (secondary N) is 1. The first-order valence-electron chi connectivity index (χ1n) is 25.8. The molecule has 0 aromatic heterocycles. The lowest BCUT2D eigenvalue weighted by Gasteiger charge is -2.67. The Labute approximate surface area is 441 Å². The number of carbonyl (C=O) groups excluding carboxylic acids is 3. The Balaban J connectivity index is 1.25. The highest BCUT2D eigenvalue weighted by molar-refractivity contribution is 8.00. The largest absolute Gasteiger partial charge is 0.482 e. The summed E-state index contributed by atoms with van der Waals surface area (Å²) < 4.78 is 33.1. The number of hydrogen-bond acceptors (Lipinski definition) is 16. The summed E-state index contributed by atoms with van der Waals surface area (Å²) in [5.74, 6) is -2.79. The highest BCUT2D eigenvalue weighted by atomic mass is 32.2. The molecule has 12 atom stereocenters. The lowest BCUT2D eigenvalue weighted by molar-refractivity contribution is -0.277. The van der Waals surface area contributed by atoms with Crippen LogP contribution < -0.4 is 24.3 Å². The third-order valence-electron chi connectivity index (χ3n) is 15.4. The molecule has 7 aliphatic rings. The Morgan fingerprint density at radius 1 is 0.960 bits per heavy atom. The Morgan fingerprint density at radius 3 is 2.39 bits per heavy atom. The highest BCUT2D eigenvalue weighted by Crippen LogP contribution is 2.68. The minimum absolute atomic E-state index is 0.0251. The lowest BCUT2D eigenvalue weighted by Crippen LogP contribution is -2.82. The van der Waals surface area contributed by atoms with E-state index >= 15 is 4.79 Å². The standard InChI is InChI=1S/C58H68N2O14S/c1-30(2)12-10-23-56(7)25-22-36-49(73-56)35(21-16-31(3)4)51-43(50(36)72-54(68)33-17-19-34(20-18-33)70-55-48(66)47(65)46(64)40(29-62)71-55)45-44-52(75-41-14-9-8-13-39(41)60-45)37-28-38(32(5)6)58(44,74-51)57(69,53(37)67)24-11-15-42(63)59-26-27-61/h8-9,11-20,22,25,32,37-38,40,44,46-48,52,55,61-62,64-66,69H,10,21,23-24,26-29H2,1-7H3,(H,59,63)/t37?,38?,40-,44?,46-,47+,48-,52?,55-,56?,57?,58?/m1/s1. The molecule has 7 N–H and O–H groups in total. The van der Waals surface area contributed by atoms with Gasteiger partial charge >= 0.3 is 5.97 Å². The third kappa shape index (κ3) is 9.79. The molecule has 1 saturated heterocycles. The number of ketones is 1. The molecule has 10 rings (SSSR count). The van der Waals surface area contributed by atoms with Gasteiger partial charge in [-0.05, 0) is 121 Å². The number of esters is 1. The molecular weight excluding hydrogens is 981 g/mol. The van der Waals surface area contributed by atoms with Gasteiger partial charge in [0, 0.05) is 40.5 Å². The maximum atomic E-state index is 15.4. The van der Waals surface area contributed by atoms with Crippen LogP contribution in [0.5, 0.6) is 23.0 Å². The molecule has 3 aromatic carbocycles. The number of ether oxygens (including phenoxy) is 5. The number of fused-ring (bicyclic) bond motifs is 6. The van der Waals surface area contributed by atoms with Gasteiger partial charge in [0.2, 0.25) is 12.2 Å². The second-order valence-corrected chi connectivity index (χ2v) is 22.7. The van der Waals surface area contributed by atoms with Crippen molar-refractivity contribution in [3.8, 4) is 23.0 Å². The third-order valence-corrected chi connectivity index (χ3v) is 16.9. The van der Waals surface area contributed by atoms with Crippen molar-refractivity contribution in [2.24, 2.45) is 28.7 Å². The predicted molar refractivity (Wildman–Crippen MR) is 281 cm³/mol. The number of aliphatic imine (C=N–C) groups is 1. The minimum Gasteiger partial charge on any atom is -0.482 e. The molecule has 2 bridgehead atoms. The molecule has 4 aliphatic heterocycles. The van der Waals surface area contributed by atoms with Crippen LogP contribution in [0.1, 0.15) is 101 Å². The van der Waals surface area contributed by atoms with Crippen molar-refractivity contribution in [2.75, 3.05) is 19.8 Å². The number of Topliss-reactive ketones (excluding diaryl/α,β-unsaturated/α-hetero) is 1. The van der Waals surface area contributed by atoms with Crippen LogP contribution in [0.25, 0.3) is 6.08 Å². The average molecular weight is 1050 g/mol. The summed E-state index contributed by atoms with van der Waals surface area (Å²) in [5.41, 5.74) is 0.0846. The number of amides is 1. The van der Waals surface area contributed by atoms with E-state index in [4.69, 9.17) is 28.7 Å². The number of hydrogen-bond donors (Lipinski definition) is 7. The van der Waals surface area contributed by atoms with Crippen molar-refractivity contribution < 1.29 is 68.7 Å². The summed E-state index contributed by atoms with van der Waals surface area (Å²) in [7, 11) is 0. The second-order valence-electron chi connectivity index (χ2n) is 21.5. The summed E-state index contributed by atoms with van der Waals surface area (Å²) in [6, 6.07) is 13.5. The van der Waals surface area contributed by atoms with Gasteiger partial charge in [0.05, 0.1) is 47.2 Å². The molecule has 75 heavy (non-hydrogen) atoms. The average Bonchev–Trinajstić information content (AvgIpc) is 3.60. The van der Waals surface area contributed by atoms with Crippen molar-refractivity contribution in [3.63, 3.8) is 0 Å². The van der Waals surface area contributed by atoms with Gasteiger partial charge in [-0.15, -0.1) is 11.8 Å². The van der Waals surface area contributed by atoms with E-state index in [1.165, 1.54) is 48.2 Å². The summed E-state index contributed by atoms with van der Waals surface area (Å²) in [6.45, 7) is 13.3. The van der Waals surface area contributed by atoms with Gasteiger partial charge in [-0.1, -0.05) is 55.4 Å². The van der Waals surface area contributed by atoms with Crippen LogP contribution in [0.4, 0.5) is 5.69 Å². The van der Waals surface area contributed by atoms with E-state index in [-0.39, 0.29) is 54.7 Å². The predicted octanol–water partition coefficient (Wildman–Crippen LogP) is 6.51. The number of thioether (sulfide) groups is 1. The molecule has 400 valence electrons. The van der Waals surface area contributed by atoms with Crippen molar-refractivity contribution in [1.29, 1.82) is 0 Å². The first-order chi connectivity index (χ1) is 35.7. The van der Waals surface area contributed by atoms with Crippen LogP contribution in [0.15, 0.2) is 99.9 Å². The summed E-state index contributed by atoms with van der Waals surface area (Å²) >= 11 is 1.53. The van der Waals surface area contributed by atoms with E-state index < -0.39 is 94.8 Å². The number of benzene rings is 3. The van der Waals surface area contributed by atoms with Crippen LogP contribution in [0, 0.1) is 23.7 Å². The van der Waals surface area contributed by atoms with Crippen LogP contribution in [-0.4, -0.2) is 127 Å². The zero-order chi connectivity index (χ0) is 53.7. The number of allylic oxidation sites excluding steroid dienone is 4. The fourth-order valence-electron chi connectivity index (χ4n) is 11.7. The minimum atomic E-state index is -2.20. The molecule has 3 aliphatic carbocycles. The smallest absolute Gasteiger partial charge is 0.343 e. The normalized spacial score (nSPS) is 30.9. The molecule has 4 heterocycles. The topological polar surface area (TPSA) is 243 Å². The van der Waals surface area contributed by atoms with E-state index in [2.05, 4.69) is 31.3 Å². The Kier molecular flexibility index (Phi) is 15.5.